The molecule has 6 heteroatoms. The number of benzene rings is 2. The minimum Gasteiger partial charge on any atom is -0.497 e. The molecular weight excluding hydrogens is 380 g/mol. The van der Waals surface area contributed by atoms with E-state index in [2.05, 4.69) is 5.32 Å². The fraction of sp³-hybridized carbons (Fsp3) is 0.417. The van der Waals surface area contributed by atoms with Gasteiger partial charge in [-0.05, 0) is 36.1 Å². The average molecular weight is 411 g/mol. The number of nitrogens with zero attached hydrogens (tertiary/aromatic N) is 1. The summed E-state index contributed by atoms with van der Waals surface area (Å²) in [4.78, 5) is 27.4. The molecule has 1 heterocycles. The van der Waals surface area contributed by atoms with Crippen molar-refractivity contribution in [2.24, 2.45) is 0 Å². The first-order chi connectivity index (χ1) is 14.6. The Balaban J connectivity index is 1.78. The number of nitrogens with one attached hydrogen (secondary N) is 1. The number of hydrogen-bond acceptors (Lipinski definition) is 4. The highest BCUT2D eigenvalue weighted by molar-refractivity contribution is 5.87. The molecule has 0 aliphatic carbocycles. The maximum absolute atomic E-state index is 13.2. The lowest BCUT2D eigenvalue weighted by Crippen LogP contribution is -2.51. The molecule has 1 N–H and O–H groups in total. The van der Waals surface area contributed by atoms with Crippen molar-refractivity contribution in [3.05, 3.63) is 65.7 Å². The van der Waals surface area contributed by atoms with Crippen LogP contribution in [0.15, 0.2) is 54.6 Å². The zero-order valence-corrected chi connectivity index (χ0v) is 17.7. The highest BCUT2D eigenvalue weighted by atomic mass is 16.5. The van der Waals surface area contributed by atoms with Gasteiger partial charge >= 0.3 is 0 Å². The quantitative estimate of drug-likeness (QED) is 0.690. The summed E-state index contributed by atoms with van der Waals surface area (Å²) >= 11 is 0. The van der Waals surface area contributed by atoms with Crippen molar-refractivity contribution in [3.63, 3.8) is 0 Å². The first-order valence-corrected chi connectivity index (χ1v) is 10.4. The van der Waals surface area contributed by atoms with E-state index in [0.29, 0.717) is 19.5 Å². The monoisotopic (exact) mass is 410 g/mol. The zero-order chi connectivity index (χ0) is 21.3. The predicted molar refractivity (Wildman–Crippen MR) is 115 cm³/mol. The number of hydrogen-bond donors (Lipinski definition) is 1. The van der Waals surface area contributed by atoms with Gasteiger partial charge in [0.1, 0.15) is 11.8 Å². The molecule has 0 radical (unpaired) electrons. The molecule has 1 aliphatic heterocycles. The van der Waals surface area contributed by atoms with Gasteiger partial charge in [-0.25, -0.2) is 0 Å². The van der Waals surface area contributed by atoms with Crippen LogP contribution in [-0.2, 0) is 27.3 Å². The van der Waals surface area contributed by atoms with Crippen LogP contribution in [0.5, 0.6) is 5.75 Å². The molecule has 3 rings (SSSR count). The van der Waals surface area contributed by atoms with E-state index in [1.165, 1.54) is 6.92 Å². The van der Waals surface area contributed by atoms with Crippen LogP contribution >= 0.6 is 0 Å². The van der Waals surface area contributed by atoms with E-state index in [1.54, 1.807) is 12.0 Å². The molecule has 6 nitrogen and oxygen atoms in total. The zero-order valence-electron chi connectivity index (χ0n) is 17.7. The smallest absolute Gasteiger partial charge is 0.243 e. The number of carbonyl (C=O) groups is 2. The van der Waals surface area contributed by atoms with Crippen molar-refractivity contribution in [1.82, 2.24) is 10.2 Å². The van der Waals surface area contributed by atoms with Crippen molar-refractivity contribution in [1.29, 1.82) is 0 Å². The molecule has 2 amide bonds. The van der Waals surface area contributed by atoms with Crippen molar-refractivity contribution in [3.8, 4) is 5.75 Å². The molecule has 0 aromatic heterocycles. The Morgan fingerprint density at radius 3 is 2.47 bits per heavy atom. The second-order valence-electron chi connectivity index (χ2n) is 7.58. The molecule has 1 aliphatic rings. The van der Waals surface area contributed by atoms with Gasteiger partial charge in [0, 0.05) is 33.0 Å². The summed E-state index contributed by atoms with van der Waals surface area (Å²) in [6.45, 7) is 3.07. The molecule has 0 saturated carbocycles. The van der Waals surface area contributed by atoms with E-state index in [1.807, 2.05) is 54.6 Å². The molecule has 2 aromatic rings. The normalized spacial score (nSPS) is 16.7. The van der Waals surface area contributed by atoms with Gasteiger partial charge in [-0.3, -0.25) is 9.59 Å². The topological polar surface area (TPSA) is 67.9 Å². The molecule has 160 valence electrons. The van der Waals surface area contributed by atoms with Crippen LogP contribution in [0.4, 0.5) is 0 Å². The molecule has 0 bridgehead atoms. The number of amides is 2. The third-order valence-corrected chi connectivity index (χ3v) is 5.40. The van der Waals surface area contributed by atoms with Gasteiger partial charge in [0.2, 0.25) is 11.8 Å². The fourth-order valence-electron chi connectivity index (χ4n) is 3.69. The standard InChI is InChI=1S/C24H30N2O4/c1-18(27)26(17-20-10-12-21(29-2)13-11-20)23(15-19-7-4-3-5-8-19)24(28)25-16-22-9-6-14-30-22/h3-5,7-8,10-13,22-23H,6,9,14-17H2,1-2H3,(H,25,28)/t22-,23-/m0/s1. The van der Waals surface area contributed by atoms with Crippen LogP contribution in [0.25, 0.3) is 0 Å². The number of ether oxygens (including phenoxy) is 2. The first kappa shape index (κ1) is 21.8. The number of carbonyl (C=O) groups excluding carboxylic acids is 2. The Kier molecular flexibility index (Phi) is 7.85. The van der Waals surface area contributed by atoms with Crippen LogP contribution < -0.4 is 10.1 Å². The SMILES string of the molecule is COc1ccc(CN(C(C)=O)[C@@H](Cc2ccccc2)C(=O)NC[C@@H]2CCCO2)cc1. The van der Waals surface area contributed by atoms with Gasteiger partial charge in [0.05, 0.1) is 13.2 Å². The van der Waals surface area contributed by atoms with E-state index in [9.17, 15) is 9.59 Å². The molecular formula is C24H30N2O4. The van der Waals surface area contributed by atoms with Gasteiger partial charge in [-0.1, -0.05) is 42.5 Å². The van der Waals surface area contributed by atoms with Crippen molar-refractivity contribution >= 4 is 11.8 Å². The second kappa shape index (κ2) is 10.8. The Hall–Kier alpha value is -2.86. The van der Waals surface area contributed by atoms with Crippen molar-refractivity contribution < 1.29 is 19.1 Å². The lowest BCUT2D eigenvalue weighted by Gasteiger charge is -2.31. The first-order valence-electron chi connectivity index (χ1n) is 10.4. The summed E-state index contributed by atoms with van der Waals surface area (Å²) in [5, 5.41) is 3.01. The molecule has 30 heavy (non-hydrogen) atoms. The van der Waals surface area contributed by atoms with Crippen molar-refractivity contribution in [2.45, 2.75) is 44.9 Å². The molecule has 2 aromatic carbocycles. The Morgan fingerprint density at radius 1 is 1.13 bits per heavy atom. The van der Waals surface area contributed by atoms with Gasteiger partial charge in [0.15, 0.2) is 0 Å². The molecule has 1 fully saturated rings. The van der Waals surface area contributed by atoms with Gasteiger partial charge < -0.3 is 19.7 Å². The van der Waals surface area contributed by atoms with E-state index < -0.39 is 6.04 Å². The maximum atomic E-state index is 13.2. The van der Waals surface area contributed by atoms with Crippen LogP contribution in [-0.4, -0.2) is 49.1 Å². The largest absolute Gasteiger partial charge is 0.497 e. The summed E-state index contributed by atoms with van der Waals surface area (Å²) in [6.07, 6.45) is 2.48. The Bertz CT molecular complexity index is 817. The fourth-order valence-corrected chi connectivity index (χ4v) is 3.69. The second-order valence-corrected chi connectivity index (χ2v) is 7.58. The van der Waals surface area contributed by atoms with Gasteiger partial charge in [0.25, 0.3) is 0 Å². The maximum Gasteiger partial charge on any atom is 0.243 e. The molecule has 1 saturated heterocycles. The number of rotatable bonds is 9. The van der Waals surface area contributed by atoms with Crippen molar-refractivity contribution in [2.75, 3.05) is 20.3 Å². The van der Waals surface area contributed by atoms with E-state index >= 15 is 0 Å². The lowest BCUT2D eigenvalue weighted by molar-refractivity contribution is -0.139. The lowest BCUT2D eigenvalue weighted by atomic mass is 10.0. The summed E-state index contributed by atoms with van der Waals surface area (Å²) in [7, 11) is 1.62. The van der Waals surface area contributed by atoms with E-state index in [4.69, 9.17) is 9.47 Å². The number of methoxy groups -OCH3 is 1. The summed E-state index contributed by atoms with van der Waals surface area (Å²) in [5.74, 6) is 0.459. The summed E-state index contributed by atoms with van der Waals surface area (Å²) < 4.78 is 10.8. The van der Waals surface area contributed by atoms with Crippen LogP contribution in [0, 0.1) is 0 Å². The average Bonchev–Trinajstić information content (AvgIpc) is 3.29. The highest BCUT2D eigenvalue weighted by Crippen LogP contribution is 2.18. The molecule has 2 atom stereocenters. The molecule has 0 spiro atoms. The Labute approximate surface area is 178 Å². The predicted octanol–water partition coefficient (Wildman–Crippen LogP) is 2.95. The third-order valence-electron chi connectivity index (χ3n) is 5.40. The van der Waals surface area contributed by atoms with Gasteiger partial charge in [-0.2, -0.15) is 0 Å². The van der Waals surface area contributed by atoms with Crippen LogP contribution in [0.1, 0.15) is 30.9 Å². The van der Waals surface area contributed by atoms with Gasteiger partial charge in [-0.15, -0.1) is 0 Å². The van der Waals surface area contributed by atoms with E-state index in [0.717, 1.165) is 36.3 Å². The van der Waals surface area contributed by atoms with E-state index in [-0.39, 0.29) is 17.9 Å². The minimum atomic E-state index is -0.603. The third kappa shape index (κ3) is 6.07. The molecule has 0 unspecified atom stereocenters. The minimum absolute atomic E-state index is 0.0543. The summed E-state index contributed by atoms with van der Waals surface area (Å²) in [6, 6.07) is 16.7. The summed E-state index contributed by atoms with van der Waals surface area (Å²) in [5.41, 5.74) is 1.95. The van der Waals surface area contributed by atoms with Crippen LogP contribution in [0.2, 0.25) is 0 Å². The highest BCUT2D eigenvalue weighted by Gasteiger charge is 2.29. The Morgan fingerprint density at radius 2 is 1.87 bits per heavy atom. The van der Waals surface area contributed by atoms with Crippen LogP contribution in [0.3, 0.4) is 0 Å².